The largest absolute Gasteiger partial charge is 0.130 e. The van der Waals surface area contributed by atoms with Gasteiger partial charge in [-0.15, -0.1) is 23.5 Å². The van der Waals surface area contributed by atoms with Gasteiger partial charge in [0.25, 0.3) is 0 Å². The molecule has 0 unspecified atom stereocenters. The van der Waals surface area contributed by atoms with Crippen molar-refractivity contribution in [3.05, 3.63) is 9.81 Å². The summed E-state index contributed by atoms with van der Waals surface area (Å²) in [5.74, 6) is 2.54. The van der Waals surface area contributed by atoms with E-state index in [1.807, 2.05) is 23.5 Å². The minimum atomic E-state index is 1.23. The maximum Gasteiger partial charge on any atom is 0.00228 e. The summed E-state index contributed by atoms with van der Waals surface area (Å²) < 4.78 is 0. The molecule has 0 fully saturated rings. The summed E-state index contributed by atoms with van der Waals surface area (Å²) >= 11 is 4.01. The fourth-order valence-corrected chi connectivity index (χ4v) is 3.06. The Morgan fingerprint density at radius 2 is 2.44 bits per heavy atom. The fourth-order valence-electron chi connectivity index (χ4n) is 0.901. The number of rotatable bonds is 2. The molecule has 9 heavy (non-hydrogen) atoms. The van der Waals surface area contributed by atoms with Crippen LogP contribution in [-0.4, -0.2) is 11.5 Å². The Balaban J connectivity index is 2.45. The third-order valence-corrected chi connectivity index (χ3v) is 3.72. The van der Waals surface area contributed by atoms with E-state index in [1.165, 1.54) is 17.9 Å². The number of thioether (sulfide) groups is 2. The zero-order chi connectivity index (χ0) is 6.69. The Kier molecular flexibility index (Phi) is 2.99. The highest BCUT2D eigenvalue weighted by molar-refractivity contribution is 8.07. The molecule has 0 radical (unpaired) electrons. The van der Waals surface area contributed by atoms with Crippen LogP contribution >= 0.6 is 23.5 Å². The van der Waals surface area contributed by atoms with Crippen LogP contribution in [0.5, 0.6) is 0 Å². The lowest BCUT2D eigenvalue weighted by Crippen LogP contribution is -1.74. The average molecular weight is 160 g/mol. The maximum absolute atomic E-state index is 2.23. The molecule has 0 N–H and O–H groups in total. The summed E-state index contributed by atoms with van der Waals surface area (Å²) in [5.41, 5.74) is 0. The van der Waals surface area contributed by atoms with Crippen molar-refractivity contribution < 1.29 is 0 Å². The van der Waals surface area contributed by atoms with Gasteiger partial charge in [-0.1, -0.05) is 6.92 Å². The number of hydrogen-bond acceptors (Lipinski definition) is 2. The average Bonchev–Trinajstić information content (AvgIpc) is 2.18. The normalized spacial score (nSPS) is 19.3. The van der Waals surface area contributed by atoms with Crippen LogP contribution in [0.3, 0.4) is 0 Å². The predicted octanol–water partition coefficient (Wildman–Crippen LogP) is 3.11. The lowest BCUT2D eigenvalue weighted by molar-refractivity contribution is 1.24. The van der Waals surface area contributed by atoms with E-state index in [0.29, 0.717) is 0 Å². The zero-order valence-electron chi connectivity index (χ0n) is 5.94. The first-order chi connectivity index (χ1) is 4.34. The lowest BCUT2D eigenvalue weighted by Gasteiger charge is -1.96. The molecule has 1 aliphatic rings. The van der Waals surface area contributed by atoms with Crippen LogP contribution in [0.2, 0.25) is 0 Å². The van der Waals surface area contributed by atoms with Crippen LogP contribution in [0, 0.1) is 0 Å². The SMILES string of the molecule is CCSC1=C(C)SCC1. The summed E-state index contributed by atoms with van der Waals surface area (Å²) in [6.45, 7) is 4.45. The third kappa shape index (κ3) is 1.94. The molecule has 0 amide bonds. The van der Waals surface area contributed by atoms with Gasteiger partial charge in [0.15, 0.2) is 0 Å². The van der Waals surface area contributed by atoms with Crippen LogP contribution in [-0.2, 0) is 0 Å². The summed E-state index contributed by atoms with van der Waals surface area (Å²) in [6, 6.07) is 0. The van der Waals surface area contributed by atoms with E-state index in [1.54, 1.807) is 9.81 Å². The van der Waals surface area contributed by atoms with E-state index < -0.39 is 0 Å². The molecule has 0 atom stereocenters. The van der Waals surface area contributed by atoms with Crippen LogP contribution in [0.25, 0.3) is 0 Å². The lowest BCUT2D eigenvalue weighted by atomic mass is 10.4. The molecule has 0 aromatic carbocycles. The van der Waals surface area contributed by atoms with Gasteiger partial charge in [0.2, 0.25) is 0 Å². The molecule has 2 heteroatoms. The second-order valence-electron chi connectivity index (χ2n) is 2.01. The van der Waals surface area contributed by atoms with Gasteiger partial charge in [0, 0.05) is 5.75 Å². The molecule has 1 aliphatic heterocycles. The first-order valence-corrected chi connectivity index (χ1v) is 5.27. The Bertz CT molecular complexity index is 127. The molecular formula is C7H12S2. The van der Waals surface area contributed by atoms with E-state index in [4.69, 9.17) is 0 Å². The van der Waals surface area contributed by atoms with Crippen molar-refractivity contribution in [2.45, 2.75) is 20.3 Å². The molecule has 0 spiro atoms. The van der Waals surface area contributed by atoms with E-state index in [9.17, 15) is 0 Å². The molecule has 1 rings (SSSR count). The van der Waals surface area contributed by atoms with E-state index in [0.717, 1.165) is 0 Å². The van der Waals surface area contributed by atoms with Crippen LogP contribution in [0.15, 0.2) is 9.81 Å². The molecule has 0 saturated heterocycles. The van der Waals surface area contributed by atoms with Gasteiger partial charge in [-0.3, -0.25) is 0 Å². The molecule has 0 nitrogen and oxygen atoms in total. The Morgan fingerprint density at radius 1 is 1.67 bits per heavy atom. The molecule has 0 bridgehead atoms. The van der Waals surface area contributed by atoms with Crippen LogP contribution in [0.4, 0.5) is 0 Å². The molecule has 0 aromatic rings. The van der Waals surface area contributed by atoms with Crippen molar-refractivity contribution in [3.8, 4) is 0 Å². The van der Waals surface area contributed by atoms with Gasteiger partial charge in [-0.25, -0.2) is 0 Å². The van der Waals surface area contributed by atoms with Gasteiger partial charge in [-0.2, -0.15) is 0 Å². The van der Waals surface area contributed by atoms with Crippen molar-refractivity contribution in [1.82, 2.24) is 0 Å². The Labute approximate surface area is 65.5 Å². The van der Waals surface area contributed by atoms with Crippen molar-refractivity contribution in [2.24, 2.45) is 0 Å². The van der Waals surface area contributed by atoms with Crippen molar-refractivity contribution in [2.75, 3.05) is 11.5 Å². The molecular weight excluding hydrogens is 148 g/mol. The third-order valence-electron chi connectivity index (χ3n) is 1.36. The molecule has 1 heterocycles. The topological polar surface area (TPSA) is 0 Å². The highest BCUT2D eigenvalue weighted by Gasteiger charge is 2.09. The van der Waals surface area contributed by atoms with Gasteiger partial charge in [0.05, 0.1) is 0 Å². The molecule has 52 valence electrons. The minimum Gasteiger partial charge on any atom is -0.130 e. The second kappa shape index (κ2) is 3.57. The number of allylic oxidation sites excluding steroid dienone is 2. The summed E-state index contributed by atoms with van der Waals surface area (Å²) in [5, 5.41) is 0. The van der Waals surface area contributed by atoms with Crippen LogP contribution in [0.1, 0.15) is 20.3 Å². The fraction of sp³-hybridized carbons (Fsp3) is 0.714. The van der Waals surface area contributed by atoms with Crippen molar-refractivity contribution in [3.63, 3.8) is 0 Å². The van der Waals surface area contributed by atoms with Gasteiger partial charge >= 0.3 is 0 Å². The Hall–Kier alpha value is 0.440. The zero-order valence-corrected chi connectivity index (χ0v) is 7.57. The van der Waals surface area contributed by atoms with Gasteiger partial charge in [-0.05, 0) is 28.9 Å². The second-order valence-corrected chi connectivity index (χ2v) is 4.68. The molecule has 0 saturated carbocycles. The standard InChI is InChI=1S/C7H12S2/c1-3-8-7-4-5-9-6(7)2/h3-5H2,1-2H3. The first kappa shape index (κ1) is 7.55. The van der Waals surface area contributed by atoms with Crippen molar-refractivity contribution in [1.29, 1.82) is 0 Å². The molecule has 0 aliphatic carbocycles. The van der Waals surface area contributed by atoms with E-state index >= 15 is 0 Å². The highest BCUT2D eigenvalue weighted by atomic mass is 32.2. The van der Waals surface area contributed by atoms with Crippen LogP contribution < -0.4 is 0 Å². The van der Waals surface area contributed by atoms with Gasteiger partial charge < -0.3 is 0 Å². The van der Waals surface area contributed by atoms with Gasteiger partial charge in [0.1, 0.15) is 0 Å². The Morgan fingerprint density at radius 3 is 2.89 bits per heavy atom. The minimum absolute atomic E-state index is 1.23. The summed E-state index contributed by atoms with van der Waals surface area (Å²) in [4.78, 5) is 3.18. The predicted molar refractivity (Wildman–Crippen MR) is 47.9 cm³/mol. The first-order valence-electron chi connectivity index (χ1n) is 3.30. The molecule has 0 aromatic heterocycles. The van der Waals surface area contributed by atoms with E-state index in [-0.39, 0.29) is 0 Å². The number of hydrogen-bond donors (Lipinski definition) is 0. The van der Waals surface area contributed by atoms with E-state index in [2.05, 4.69) is 13.8 Å². The maximum atomic E-state index is 2.23. The smallest absolute Gasteiger partial charge is 0.00228 e. The van der Waals surface area contributed by atoms with Crippen molar-refractivity contribution >= 4 is 23.5 Å². The monoisotopic (exact) mass is 160 g/mol. The summed E-state index contributed by atoms with van der Waals surface area (Å²) in [6.07, 6.45) is 1.31. The highest BCUT2D eigenvalue weighted by Crippen LogP contribution is 2.37. The summed E-state index contributed by atoms with van der Waals surface area (Å²) in [7, 11) is 0. The quantitative estimate of drug-likeness (QED) is 0.609.